The van der Waals surface area contributed by atoms with E-state index in [1.54, 1.807) is 22.7 Å². The van der Waals surface area contributed by atoms with Crippen molar-refractivity contribution < 1.29 is 0 Å². The Balaban J connectivity index is 2.06. The molecule has 0 spiro atoms. The molecule has 104 valence electrons. The molecule has 0 aliphatic heterocycles. The maximum absolute atomic E-state index is 4.77. The van der Waals surface area contributed by atoms with Crippen LogP contribution in [0.2, 0.25) is 0 Å². The minimum absolute atomic E-state index is 0.329. The van der Waals surface area contributed by atoms with E-state index in [4.69, 9.17) is 4.98 Å². The quantitative estimate of drug-likeness (QED) is 0.839. The lowest BCUT2D eigenvalue weighted by Crippen LogP contribution is -2.22. The van der Waals surface area contributed by atoms with Gasteiger partial charge in [0.15, 0.2) is 5.13 Å². The Labute approximate surface area is 123 Å². The van der Waals surface area contributed by atoms with Gasteiger partial charge >= 0.3 is 0 Å². The summed E-state index contributed by atoms with van der Waals surface area (Å²) >= 11 is 3.54. The van der Waals surface area contributed by atoms with Crippen molar-refractivity contribution in [1.29, 1.82) is 0 Å². The molecule has 1 atom stereocenters. The number of anilines is 1. The monoisotopic (exact) mass is 295 g/mol. The van der Waals surface area contributed by atoms with Gasteiger partial charge < -0.3 is 10.2 Å². The molecule has 1 N–H and O–H groups in total. The van der Waals surface area contributed by atoms with Crippen LogP contribution in [0.4, 0.5) is 5.13 Å². The summed E-state index contributed by atoms with van der Waals surface area (Å²) in [6.45, 7) is 9.39. The Kier molecular flexibility index (Phi) is 5.36. The highest BCUT2D eigenvalue weighted by molar-refractivity contribution is 7.13. The van der Waals surface area contributed by atoms with Crippen molar-refractivity contribution in [3.63, 3.8) is 0 Å². The second-order valence-electron chi connectivity index (χ2n) is 4.43. The van der Waals surface area contributed by atoms with Crippen LogP contribution >= 0.6 is 22.7 Å². The first kappa shape index (κ1) is 14.5. The molecule has 19 heavy (non-hydrogen) atoms. The molecule has 1 unspecified atom stereocenters. The van der Waals surface area contributed by atoms with Crippen LogP contribution in [0, 0.1) is 0 Å². The Bertz CT molecular complexity index is 479. The molecule has 0 amide bonds. The Hall–Kier alpha value is -0.910. The van der Waals surface area contributed by atoms with E-state index >= 15 is 0 Å². The van der Waals surface area contributed by atoms with Gasteiger partial charge in [0.1, 0.15) is 0 Å². The summed E-state index contributed by atoms with van der Waals surface area (Å²) in [4.78, 5) is 8.49. The topological polar surface area (TPSA) is 28.2 Å². The molecule has 0 fully saturated rings. The average molecular weight is 295 g/mol. The van der Waals surface area contributed by atoms with Crippen LogP contribution < -0.4 is 10.2 Å². The summed E-state index contributed by atoms with van der Waals surface area (Å²) in [6.07, 6.45) is 0. The van der Waals surface area contributed by atoms with Gasteiger partial charge in [-0.2, -0.15) is 0 Å². The second kappa shape index (κ2) is 7.03. The van der Waals surface area contributed by atoms with Gasteiger partial charge in [0.25, 0.3) is 0 Å². The molecule has 0 aliphatic rings. The molecule has 0 bridgehead atoms. The minimum Gasteiger partial charge on any atom is -0.343 e. The van der Waals surface area contributed by atoms with E-state index in [9.17, 15) is 0 Å². The fourth-order valence-electron chi connectivity index (χ4n) is 1.94. The number of nitrogens with zero attached hydrogens (tertiary/aromatic N) is 2. The Morgan fingerprint density at radius 2 is 2.21 bits per heavy atom. The van der Waals surface area contributed by atoms with Gasteiger partial charge in [0.05, 0.1) is 12.2 Å². The first-order valence-corrected chi connectivity index (χ1v) is 8.46. The lowest BCUT2D eigenvalue weighted by atomic mass is 10.2. The van der Waals surface area contributed by atoms with Gasteiger partial charge in [-0.1, -0.05) is 13.0 Å². The van der Waals surface area contributed by atoms with Crippen molar-refractivity contribution in [2.45, 2.75) is 33.4 Å². The first-order valence-electron chi connectivity index (χ1n) is 6.70. The van der Waals surface area contributed by atoms with E-state index in [-0.39, 0.29) is 0 Å². The van der Waals surface area contributed by atoms with E-state index in [0.29, 0.717) is 6.04 Å². The highest BCUT2D eigenvalue weighted by Crippen LogP contribution is 2.26. The van der Waals surface area contributed by atoms with Crippen molar-refractivity contribution in [3.05, 3.63) is 33.5 Å². The summed E-state index contributed by atoms with van der Waals surface area (Å²) in [7, 11) is 0. The van der Waals surface area contributed by atoms with Crippen molar-refractivity contribution >= 4 is 27.8 Å². The lowest BCUT2D eigenvalue weighted by Gasteiger charge is -2.19. The third-order valence-electron chi connectivity index (χ3n) is 3.04. The summed E-state index contributed by atoms with van der Waals surface area (Å²) < 4.78 is 0. The van der Waals surface area contributed by atoms with Gasteiger partial charge in [0, 0.05) is 22.8 Å². The van der Waals surface area contributed by atoms with E-state index in [2.05, 4.69) is 53.9 Å². The average Bonchev–Trinajstić information content (AvgIpc) is 3.07. The van der Waals surface area contributed by atoms with Crippen LogP contribution in [-0.2, 0) is 6.54 Å². The SMILES string of the molecule is CCNC(C)c1csc(N(CC)Cc2cccs2)n1. The van der Waals surface area contributed by atoms with Gasteiger partial charge in [-0.3, -0.25) is 0 Å². The first-order chi connectivity index (χ1) is 9.24. The van der Waals surface area contributed by atoms with E-state index < -0.39 is 0 Å². The molecular weight excluding hydrogens is 274 g/mol. The molecular formula is C14H21N3S2. The predicted octanol–water partition coefficient (Wildman–Crippen LogP) is 3.90. The fraction of sp³-hybridized carbons (Fsp3) is 0.500. The number of hydrogen-bond donors (Lipinski definition) is 1. The van der Waals surface area contributed by atoms with Crippen molar-refractivity contribution in [2.75, 3.05) is 18.0 Å². The molecule has 0 saturated carbocycles. The summed E-state index contributed by atoms with van der Waals surface area (Å²) in [5.74, 6) is 0. The Morgan fingerprint density at radius 1 is 1.37 bits per heavy atom. The molecule has 2 rings (SSSR count). The molecule has 0 radical (unpaired) electrons. The standard InChI is InChI=1S/C14H21N3S2/c1-4-15-11(3)13-10-19-14(16-13)17(5-2)9-12-7-6-8-18-12/h6-8,10-11,15H,4-5,9H2,1-3H3. The van der Waals surface area contributed by atoms with E-state index in [1.807, 2.05) is 0 Å². The molecule has 0 saturated heterocycles. The van der Waals surface area contributed by atoms with Crippen LogP contribution in [0.3, 0.4) is 0 Å². The van der Waals surface area contributed by atoms with E-state index in [1.165, 1.54) is 4.88 Å². The van der Waals surface area contributed by atoms with Gasteiger partial charge in [-0.15, -0.1) is 22.7 Å². The zero-order valence-electron chi connectivity index (χ0n) is 11.7. The van der Waals surface area contributed by atoms with Crippen molar-refractivity contribution in [2.24, 2.45) is 0 Å². The molecule has 2 aromatic rings. The van der Waals surface area contributed by atoms with Gasteiger partial charge in [-0.05, 0) is 31.8 Å². The molecule has 2 heterocycles. The second-order valence-corrected chi connectivity index (χ2v) is 6.30. The lowest BCUT2D eigenvalue weighted by molar-refractivity contribution is 0.586. The molecule has 0 aliphatic carbocycles. The minimum atomic E-state index is 0.329. The van der Waals surface area contributed by atoms with Crippen LogP contribution in [0.5, 0.6) is 0 Å². The summed E-state index contributed by atoms with van der Waals surface area (Å²) in [5, 5.41) is 8.82. The largest absolute Gasteiger partial charge is 0.343 e. The number of thiophene rings is 1. The summed E-state index contributed by atoms with van der Waals surface area (Å²) in [5.41, 5.74) is 1.14. The maximum atomic E-state index is 4.77. The van der Waals surface area contributed by atoms with Crippen LogP contribution in [0.15, 0.2) is 22.9 Å². The third-order valence-corrected chi connectivity index (χ3v) is 4.82. The third kappa shape index (κ3) is 3.78. The predicted molar refractivity (Wildman–Crippen MR) is 85.2 cm³/mol. The molecule has 2 aromatic heterocycles. The number of thiazole rings is 1. The molecule has 0 aromatic carbocycles. The number of aromatic nitrogens is 1. The van der Waals surface area contributed by atoms with Gasteiger partial charge in [-0.25, -0.2) is 4.98 Å². The zero-order valence-corrected chi connectivity index (χ0v) is 13.4. The maximum Gasteiger partial charge on any atom is 0.185 e. The number of hydrogen-bond acceptors (Lipinski definition) is 5. The van der Waals surface area contributed by atoms with Crippen LogP contribution in [0.1, 0.15) is 37.4 Å². The highest BCUT2D eigenvalue weighted by atomic mass is 32.1. The normalized spacial score (nSPS) is 12.6. The number of rotatable bonds is 7. The molecule has 5 heteroatoms. The molecule has 3 nitrogen and oxygen atoms in total. The highest BCUT2D eigenvalue weighted by Gasteiger charge is 2.13. The smallest absolute Gasteiger partial charge is 0.185 e. The Morgan fingerprint density at radius 3 is 2.84 bits per heavy atom. The van der Waals surface area contributed by atoms with Crippen molar-refractivity contribution in [3.8, 4) is 0 Å². The van der Waals surface area contributed by atoms with Crippen molar-refractivity contribution in [1.82, 2.24) is 10.3 Å². The zero-order chi connectivity index (χ0) is 13.7. The van der Waals surface area contributed by atoms with Crippen LogP contribution in [-0.4, -0.2) is 18.1 Å². The fourth-order valence-corrected chi connectivity index (χ4v) is 3.64. The van der Waals surface area contributed by atoms with E-state index in [0.717, 1.165) is 30.5 Å². The number of nitrogens with one attached hydrogen (secondary N) is 1. The van der Waals surface area contributed by atoms with Gasteiger partial charge in [0.2, 0.25) is 0 Å². The summed E-state index contributed by atoms with van der Waals surface area (Å²) in [6, 6.07) is 4.62. The van der Waals surface area contributed by atoms with Crippen LogP contribution in [0.25, 0.3) is 0 Å².